The third kappa shape index (κ3) is 4.48. The van der Waals surface area contributed by atoms with Crippen LogP contribution in [-0.2, 0) is 6.42 Å². The minimum Gasteiger partial charge on any atom is -0.394 e. The number of amides is 1. The second-order valence-electron chi connectivity index (χ2n) is 4.95. The van der Waals surface area contributed by atoms with Crippen LogP contribution < -0.4 is 5.32 Å². The molecule has 1 atom stereocenters. The molecular formula is C14H21ClN2O2. The molecule has 0 saturated carbocycles. The standard InChI is InChI=1S/C14H21ClN2O2/c1-4-6-11-7-10(8-12(15)16-11)13(19)17-14(3,5-2)9-18/h7-8,18H,4-6,9H2,1-3H3,(H,17,19). The summed E-state index contributed by atoms with van der Waals surface area (Å²) in [5.41, 5.74) is 0.677. The lowest BCUT2D eigenvalue weighted by molar-refractivity contribution is 0.0847. The first kappa shape index (κ1) is 15.9. The smallest absolute Gasteiger partial charge is 0.251 e. The summed E-state index contributed by atoms with van der Waals surface area (Å²) in [5.74, 6) is -0.236. The number of aromatic nitrogens is 1. The van der Waals surface area contributed by atoms with Crippen LogP contribution in [0, 0.1) is 0 Å². The summed E-state index contributed by atoms with van der Waals surface area (Å²) in [4.78, 5) is 16.4. The number of hydrogen-bond acceptors (Lipinski definition) is 3. The summed E-state index contributed by atoms with van der Waals surface area (Å²) in [6, 6.07) is 3.29. The van der Waals surface area contributed by atoms with Gasteiger partial charge in [-0.3, -0.25) is 4.79 Å². The van der Waals surface area contributed by atoms with Gasteiger partial charge in [-0.2, -0.15) is 0 Å². The lowest BCUT2D eigenvalue weighted by Crippen LogP contribution is -2.48. The minimum absolute atomic E-state index is 0.101. The Morgan fingerprint density at radius 2 is 2.16 bits per heavy atom. The molecule has 0 aliphatic rings. The number of nitrogens with one attached hydrogen (secondary N) is 1. The van der Waals surface area contributed by atoms with Gasteiger partial charge in [-0.05, 0) is 31.9 Å². The zero-order valence-corrected chi connectivity index (χ0v) is 12.4. The van der Waals surface area contributed by atoms with Crippen molar-refractivity contribution in [3.63, 3.8) is 0 Å². The van der Waals surface area contributed by atoms with Crippen LogP contribution in [0.25, 0.3) is 0 Å². The van der Waals surface area contributed by atoms with Gasteiger partial charge in [0.2, 0.25) is 0 Å². The molecule has 106 valence electrons. The molecule has 1 amide bonds. The van der Waals surface area contributed by atoms with Crippen molar-refractivity contribution in [1.29, 1.82) is 0 Å². The number of nitrogens with zero attached hydrogens (tertiary/aromatic N) is 1. The number of aliphatic hydroxyl groups excluding tert-OH is 1. The van der Waals surface area contributed by atoms with Crippen LogP contribution in [0.1, 0.15) is 49.7 Å². The van der Waals surface area contributed by atoms with Crippen LogP contribution in [-0.4, -0.2) is 28.1 Å². The largest absolute Gasteiger partial charge is 0.394 e. The molecule has 0 aliphatic heterocycles. The fourth-order valence-electron chi connectivity index (χ4n) is 1.65. The number of carbonyl (C=O) groups is 1. The van der Waals surface area contributed by atoms with E-state index in [2.05, 4.69) is 10.3 Å². The van der Waals surface area contributed by atoms with Crippen molar-refractivity contribution in [1.82, 2.24) is 10.3 Å². The highest BCUT2D eigenvalue weighted by molar-refractivity contribution is 6.29. The number of aryl methyl sites for hydroxylation is 1. The van der Waals surface area contributed by atoms with Gasteiger partial charge in [0.15, 0.2) is 0 Å². The number of carbonyl (C=O) groups excluding carboxylic acids is 1. The Balaban J connectivity index is 2.93. The predicted molar refractivity (Wildman–Crippen MR) is 76.5 cm³/mol. The molecule has 1 heterocycles. The van der Waals surface area contributed by atoms with Crippen molar-refractivity contribution in [3.8, 4) is 0 Å². The van der Waals surface area contributed by atoms with Gasteiger partial charge in [0.25, 0.3) is 5.91 Å². The van der Waals surface area contributed by atoms with Gasteiger partial charge in [0.1, 0.15) is 5.15 Å². The Morgan fingerprint density at radius 1 is 1.47 bits per heavy atom. The van der Waals surface area contributed by atoms with Gasteiger partial charge in [-0.1, -0.05) is 31.9 Å². The van der Waals surface area contributed by atoms with E-state index < -0.39 is 5.54 Å². The lowest BCUT2D eigenvalue weighted by atomic mass is 9.99. The topological polar surface area (TPSA) is 62.2 Å². The molecule has 1 aromatic heterocycles. The third-order valence-corrected chi connectivity index (χ3v) is 3.35. The van der Waals surface area contributed by atoms with Gasteiger partial charge in [-0.25, -0.2) is 4.98 Å². The second kappa shape index (κ2) is 6.87. The molecule has 19 heavy (non-hydrogen) atoms. The average Bonchev–Trinajstić information content (AvgIpc) is 2.38. The second-order valence-corrected chi connectivity index (χ2v) is 5.33. The summed E-state index contributed by atoms with van der Waals surface area (Å²) in [7, 11) is 0. The number of pyridine rings is 1. The molecule has 0 spiro atoms. The third-order valence-electron chi connectivity index (χ3n) is 3.16. The van der Waals surface area contributed by atoms with Crippen LogP contribution in [0.15, 0.2) is 12.1 Å². The first-order chi connectivity index (χ1) is 8.94. The van der Waals surface area contributed by atoms with E-state index in [9.17, 15) is 9.90 Å². The van der Waals surface area contributed by atoms with Crippen molar-refractivity contribution in [2.75, 3.05) is 6.61 Å². The van der Waals surface area contributed by atoms with Crippen molar-refractivity contribution in [3.05, 3.63) is 28.5 Å². The van der Waals surface area contributed by atoms with Crippen molar-refractivity contribution >= 4 is 17.5 Å². The maximum atomic E-state index is 12.2. The van der Waals surface area contributed by atoms with Crippen molar-refractivity contribution in [2.24, 2.45) is 0 Å². The molecular weight excluding hydrogens is 264 g/mol. The predicted octanol–water partition coefficient (Wildman–Crippen LogP) is 2.58. The summed E-state index contributed by atoms with van der Waals surface area (Å²) < 4.78 is 0. The molecule has 1 unspecified atom stereocenters. The number of aliphatic hydroxyl groups is 1. The summed E-state index contributed by atoms with van der Waals surface area (Å²) in [5, 5.41) is 12.5. The van der Waals surface area contributed by atoms with Crippen LogP contribution in [0.3, 0.4) is 0 Å². The molecule has 2 N–H and O–H groups in total. The van der Waals surface area contributed by atoms with E-state index in [1.54, 1.807) is 19.1 Å². The first-order valence-corrected chi connectivity index (χ1v) is 6.91. The molecule has 0 fully saturated rings. The quantitative estimate of drug-likeness (QED) is 0.789. The van der Waals surface area contributed by atoms with Crippen molar-refractivity contribution < 1.29 is 9.90 Å². The number of halogens is 1. The Bertz CT molecular complexity index is 445. The van der Waals surface area contributed by atoms with Crippen molar-refractivity contribution in [2.45, 2.75) is 45.6 Å². The molecule has 1 rings (SSSR count). The van der Waals surface area contributed by atoms with Crippen LogP contribution in [0.2, 0.25) is 5.15 Å². The highest BCUT2D eigenvalue weighted by atomic mass is 35.5. The number of hydrogen-bond donors (Lipinski definition) is 2. The van der Waals surface area contributed by atoms with Crippen LogP contribution in [0.5, 0.6) is 0 Å². The van der Waals surface area contributed by atoms with Gasteiger partial charge < -0.3 is 10.4 Å². The zero-order chi connectivity index (χ0) is 14.5. The first-order valence-electron chi connectivity index (χ1n) is 6.54. The van der Waals surface area contributed by atoms with Crippen LogP contribution >= 0.6 is 11.6 Å². The van der Waals surface area contributed by atoms with Crippen LogP contribution in [0.4, 0.5) is 0 Å². The van der Waals surface area contributed by atoms with E-state index in [4.69, 9.17) is 11.6 Å². The fourth-order valence-corrected chi connectivity index (χ4v) is 1.88. The average molecular weight is 285 g/mol. The minimum atomic E-state index is -0.613. The van der Waals surface area contributed by atoms with E-state index >= 15 is 0 Å². The van der Waals surface area contributed by atoms with Gasteiger partial charge in [0.05, 0.1) is 12.1 Å². The molecule has 0 saturated heterocycles. The maximum Gasteiger partial charge on any atom is 0.251 e. The van der Waals surface area contributed by atoms with E-state index in [-0.39, 0.29) is 12.5 Å². The summed E-state index contributed by atoms with van der Waals surface area (Å²) >= 11 is 5.93. The monoisotopic (exact) mass is 284 g/mol. The zero-order valence-electron chi connectivity index (χ0n) is 11.7. The Hall–Kier alpha value is -1.13. The molecule has 5 heteroatoms. The van der Waals surface area contributed by atoms with Gasteiger partial charge >= 0.3 is 0 Å². The highest BCUT2D eigenvalue weighted by Gasteiger charge is 2.24. The summed E-state index contributed by atoms with van der Waals surface area (Å²) in [6.07, 6.45) is 2.37. The molecule has 0 aliphatic carbocycles. The Morgan fingerprint density at radius 3 is 2.68 bits per heavy atom. The van der Waals surface area contributed by atoms with E-state index in [0.29, 0.717) is 17.1 Å². The summed E-state index contributed by atoms with van der Waals surface area (Å²) in [6.45, 7) is 5.66. The molecule has 4 nitrogen and oxygen atoms in total. The maximum absolute atomic E-state index is 12.2. The molecule has 1 aromatic rings. The van der Waals surface area contributed by atoms with E-state index in [0.717, 1.165) is 18.5 Å². The van der Waals surface area contributed by atoms with Gasteiger partial charge in [0, 0.05) is 11.3 Å². The molecule has 0 bridgehead atoms. The van der Waals surface area contributed by atoms with E-state index in [1.165, 1.54) is 0 Å². The fraction of sp³-hybridized carbons (Fsp3) is 0.571. The SMILES string of the molecule is CCCc1cc(C(=O)NC(C)(CC)CO)cc(Cl)n1. The van der Waals surface area contributed by atoms with E-state index in [1.807, 2.05) is 13.8 Å². The highest BCUT2D eigenvalue weighted by Crippen LogP contribution is 2.15. The number of rotatable bonds is 6. The Kier molecular flexibility index (Phi) is 5.76. The lowest BCUT2D eigenvalue weighted by Gasteiger charge is -2.27. The van der Waals surface area contributed by atoms with Gasteiger partial charge in [-0.15, -0.1) is 0 Å². The normalized spacial score (nSPS) is 13.9. The molecule has 0 radical (unpaired) electrons. The molecule has 0 aromatic carbocycles. The Labute approximate surface area is 119 Å².